The summed E-state index contributed by atoms with van der Waals surface area (Å²) in [6.07, 6.45) is 4.42. The van der Waals surface area contributed by atoms with Gasteiger partial charge in [-0.05, 0) is 25.1 Å². The average molecular weight is 430 g/mol. The summed E-state index contributed by atoms with van der Waals surface area (Å²) in [7, 11) is 0. The number of fused-ring (bicyclic) bond motifs is 1. The van der Waals surface area contributed by atoms with Crippen LogP contribution in [0.5, 0.6) is 0 Å². The van der Waals surface area contributed by atoms with Crippen LogP contribution >= 0.6 is 0 Å². The Balaban J connectivity index is 1.59. The lowest BCUT2D eigenvalue weighted by molar-refractivity contribution is -0.131. The van der Waals surface area contributed by atoms with Crippen LogP contribution in [0.3, 0.4) is 0 Å². The van der Waals surface area contributed by atoms with E-state index in [-0.39, 0.29) is 0 Å². The molecule has 1 aromatic carbocycles. The van der Waals surface area contributed by atoms with E-state index in [1.54, 1.807) is 15.3 Å². The normalized spacial score (nSPS) is 14.5. The summed E-state index contributed by atoms with van der Waals surface area (Å²) in [4.78, 5) is 17.8. The standard InChI is InChI=1S/C23H22N6O3/c1-16-3-2-4-17(13-16)19-7-8-28(26-19)20-15-22(27-9-11-32-12-10-27)29-21(24-20)14-18(25-29)5-6-23(30)31/h2-8,13-15H,9-12H2,1H3,(H,30,31)/b6-5+. The minimum atomic E-state index is -1.02. The van der Waals surface area contributed by atoms with Crippen molar-refractivity contribution in [1.29, 1.82) is 0 Å². The molecule has 32 heavy (non-hydrogen) atoms. The molecule has 0 bridgehead atoms. The van der Waals surface area contributed by atoms with Gasteiger partial charge >= 0.3 is 5.97 Å². The molecule has 1 N–H and O–H groups in total. The quantitative estimate of drug-likeness (QED) is 0.486. The predicted octanol–water partition coefficient (Wildman–Crippen LogP) is 2.82. The van der Waals surface area contributed by atoms with E-state index >= 15 is 0 Å². The number of aryl methyl sites for hydroxylation is 1. The number of morpholine rings is 1. The minimum Gasteiger partial charge on any atom is -0.478 e. The molecule has 0 radical (unpaired) electrons. The van der Waals surface area contributed by atoms with Crippen molar-refractivity contribution in [2.45, 2.75) is 6.92 Å². The van der Waals surface area contributed by atoms with Crippen molar-refractivity contribution in [3.05, 3.63) is 66.0 Å². The van der Waals surface area contributed by atoms with Gasteiger partial charge in [-0.3, -0.25) is 0 Å². The number of hydrogen-bond acceptors (Lipinski definition) is 6. The van der Waals surface area contributed by atoms with Gasteiger partial charge in [-0.25, -0.2) is 14.5 Å². The first-order valence-electron chi connectivity index (χ1n) is 10.3. The Kier molecular flexibility index (Phi) is 5.16. The van der Waals surface area contributed by atoms with Gasteiger partial charge in [-0.2, -0.15) is 14.7 Å². The molecule has 0 saturated carbocycles. The highest BCUT2D eigenvalue weighted by Gasteiger charge is 2.18. The maximum Gasteiger partial charge on any atom is 0.328 e. The number of aliphatic carboxylic acids is 1. The minimum absolute atomic E-state index is 0.521. The van der Waals surface area contributed by atoms with Crippen LogP contribution in [0, 0.1) is 6.92 Å². The highest BCUT2D eigenvalue weighted by atomic mass is 16.5. The Hall–Kier alpha value is -3.98. The lowest BCUT2D eigenvalue weighted by atomic mass is 10.1. The first kappa shape index (κ1) is 20.0. The summed E-state index contributed by atoms with van der Waals surface area (Å²) >= 11 is 0. The van der Waals surface area contributed by atoms with Gasteiger partial charge in [0.2, 0.25) is 0 Å². The molecule has 4 heterocycles. The molecule has 4 aromatic rings. The van der Waals surface area contributed by atoms with Gasteiger partial charge in [0, 0.05) is 43.1 Å². The SMILES string of the molecule is Cc1cccc(-c2ccn(-c3cc(N4CCOCC4)n4nc(/C=C/C(=O)O)cc4n3)n2)c1. The van der Waals surface area contributed by atoms with E-state index in [9.17, 15) is 4.79 Å². The van der Waals surface area contributed by atoms with Crippen molar-refractivity contribution in [2.24, 2.45) is 0 Å². The number of rotatable bonds is 5. The van der Waals surface area contributed by atoms with Gasteiger partial charge in [-0.1, -0.05) is 23.8 Å². The first-order chi connectivity index (χ1) is 15.6. The lowest BCUT2D eigenvalue weighted by Crippen LogP contribution is -2.37. The van der Waals surface area contributed by atoms with Crippen LogP contribution in [0.4, 0.5) is 5.82 Å². The van der Waals surface area contributed by atoms with Crippen LogP contribution in [0.2, 0.25) is 0 Å². The molecule has 162 valence electrons. The predicted molar refractivity (Wildman–Crippen MR) is 120 cm³/mol. The van der Waals surface area contributed by atoms with Crippen LogP contribution in [-0.4, -0.2) is 61.8 Å². The van der Waals surface area contributed by atoms with E-state index < -0.39 is 5.97 Å². The van der Waals surface area contributed by atoms with Crippen LogP contribution < -0.4 is 4.90 Å². The Morgan fingerprint density at radius 2 is 1.97 bits per heavy atom. The van der Waals surface area contributed by atoms with E-state index in [4.69, 9.17) is 19.9 Å². The second kappa shape index (κ2) is 8.27. The molecule has 1 aliphatic heterocycles. The van der Waals surface area contributed by atoms with Gasteiger partial charge in [0.05, 0.1) is 24.6 Å². The monoisotopic (exact) mass is 430 g/mol. The third-order valence-corrected chi connectivity index (χ3v) is 5.28. The van der Waals surface area contributed by atoms with Crippen molar-refractivity contribution in [2.75, 3.05) is 31.2 Å². The maximum atomic E-state index is 10.9. The van der Waals surface area contributed by atoms with Crippen LogP contribution in [0.1, 0.15) is 11.3 Å². The number of carboxylic acid groups (broad SMARTS) is 1. The zero-order chi connectivity index (χ0) is 22.1. The molecule has 0 spiro atoms. The number of hydrogen-bond donors (Lipinski definition) is 1. The lowest BCUT2D eigenvalue weighted by Gasteiger charge is -2.29. The number of ether oxygens (including phenoxy) is 1. The highest BCUT2D eigenvalue weighted by Crippen LogP contribution is 2.24. The smallest absolute Gasteiger partial charge is 0.328 e. The third-order valence-electron chi connectivity index (χ3n) is 5.28. The van der Waals surface area contributed by atoms with Crippen molar-refractivity contribution in [3.8, 4) is 17.1 Å². The fourth-order valence-corrected chi connectivity index (χ4v) is 3.75. The maximum absolute atomic E-state index is 10.9. The number of carboxylic acids is 1. The van der Waals surface area contributed by atoms with Gasteiger partial charge in [0.25, 0.3) is 0 Å². The summed E-state index contributed by atoms with van der Waals surface area (Å²) in [6.45, 7) is 4.77. The van der Waals surface area contributed by atoms with Crippen LogP contribution in [0.15, 0.2) is 54.7 Å². The molecule has 0 amide bonds. The summed E-state index contributed by atoms with van der Waals surface area (Å²) in [5.74, 6) is 0.492. The van der Waals surface area contributed by atoms with Crippen molar-refractivity contribution in [1.82, 2.24) is 24.4 Å². The Labute approximate surface area is 184 Å². The number of nitrogens with zero attached hydrogens (tertiary/aromatic N) is 6. The number of benzene rings is 1. The molecule has 1 fully saturated rings. The summed E-state index contributed by atoms with van der Waals surface area (Å²) in [6, 6.07) is 13.9. The Morgan fingerprint density at radius 1 is 1.12 bits per heavy atom. The molecular weight excluding hydrogens is 408 g/mol. The number of anilines is 1. The van der Waals surface area contributed by atoms with Crippen LogP contribution in [-0.2, 0) is 9.53 Å². The largest absolute Gasteiger partial charge is 0.478 e. The average Bonchev–Trinajstić information content (AvgIpc) is 3.45. The first-order valence-corrected chi connectivity index (χ1v) is 10.3. The van der Waals surface area contributed by atoms with Gasteiger partial charge in [0.15, 0.2) is 11.5 Å². The van der Waals surface area contributed by atoms with E-state index in [2.05, 4.69) is 29.1 Å². The zero-order valence-corrected chi connectivity index (χ0v) is 17.5. The van der Waals surface area contributed by atoms with Crippen LogP contribution in [0.25, 0.3) is 28.8 Å². The summed E-state index contributed by atoms with van der Waals surface area (Å²) in [5, 5.41) is 18.2. The van der Waals surface area contributed by atoms with E-state index in [0.29, 0.717) is 30.4 Å². The van der Waals surface area contributed by atoms with E-state index in [1.165, 1.54) is 11.6 Å². The summed E-state index contributed by atoms with van der Waals surface area (Å²) in [5.41, 5.74) is 4.21. The van der Waals surface area contributed by atoms with Gasteiger partial charge in [-0.15, -0.1) is 0 Å². The Bertz CT molecular complexity index is 1320. The second-order valence-corrected chi connectivity index (χ2v) is 7.60. The van der Waals surface area contributed by atoms with Crippen molar-refractivity contribution in [3.63, 3.8) is 0 Å². The topological polar surface area (TPSA) is 97.8 Å². The molecule has 3 aromatic heterocycles. The third kappa shape index (κ3) is 3.97. The van der Waals surface area contributed by atoms with E-state index in [1.807, 2.05) is 30.5 Å². The zero-order valence-electron chi connectivity index (χ0n) is 17.5. The second-order valence-electron chi connectivity index (χ2n) is 7.60. The van der Waals surface area contributed by atoms with Gasteiger partial charge < -0.3 is 14.7 Å². The van der Waals surface area contributed by atoms with Gasteiger partial charge in [0.1, 0.15) is 5.82 Å². The molecule has 0 aliphatic carbocycles. The fraction of sp³-hybridized carbons (Fsp3) is 0.217. The molecular formula is C23H22N6O3. The fourth-order valence-electron chi connectivity index (χ4n) is 3.75. The molecule has 0 atom stereocenters. The van der Waals surface area contributed by atoms with Crippen molar-refractivity contribution < 1.29 is 14.6 Å². The number of aromatic nitrogens is 5. The molecule has 9 heteroatoms. The molecule has 1 saturated heterocycles. The van der Waals surface area contributed by atoms with E-state index in [0.717, 1.165) is 36.2 Å². The molecule has 5 rings (SSSR count). The van der Waals surface area contributed by atoms with Crippen molar-refractivity contribution >= 4 is 23.5 Å². The molecule has 0 unspecified atom stereocenters. The highest BCUT2D eigenvalue weighted by molar-refractivity contribution is 5.85. The molecule has 9 nitrogen and oxygen atoms in total. The summed E-state index contributed by atoms with van der Waals surface area (Å²) < 4.78 is 8.99. The Morgan fingerprint density at radius 3 is 2.75 bits per heavy atom. The molecule has 1 aliphatic rings. The number of carbonyl (C=O) groups is 1.